The van der Waals surface area contributed by atoms with Crippen LogP contribution in [0.3, 0.4) is 0 Å². The Morgan fingerprint density at radius 3 is 2.27 bits per heavy atom. The average molecular weight is 172 g/mol. The van der Waals surface area contributed by atoms with E-state index < -0.39 is 8.32 Å². The molecular weight excluding hydrogens is 152 g/mol. The highest BCUT2D eigenvalue weighted by molar-refractivity contribution is 6.69. The minimum Gasteiger partial charge on any atom is -0.417 e. The summed E-state index contributed by atoms with van der Waals surface area (Å²) in [5.41, 5.74) is 1.42. The molecule has 0 N–H and O–H groups in total. The van der Waals surface area contributed by atoms with Gasteiger partial charge in [-0.15, -0.1) is 0 Å². The molecule has 0 heterocycles. The van der Waals surface area contributed by atoms with Crippen molar-refractivity contribution in [3.05, 3.63) is 11.6 Å². The van der Waals surface area contributed by atoms with Crippen molar-refractivity contribution in [2.45, 2.75) is 39.9 Å². The van der Waals surface area contributed by atoms with E-state index >= 15 is 0 Å². The van der Waals surface area contributed by atoms with Gasteiger partial charge in [0.2, 0.25) is 0 Å². The van der Waals surface area contributed by atoms with E-state index in [1.165, 1.54) is 5.57 Å². The fourth-order valence-corrected chi connectivity index (χ4v) is 1.38. The van der Waals surface area contributed by atoms with Gasteiger partial charge in [-0.05, 0) is 39.9 Å². The topological polar surface area (TPSA) is 9.23 Å². The zero-order chi connectivity index (χ0) is 8.91. The third-order valence-electron chi connectivity index (χ3n) is 1.52. The predicted octanol–water partition coefficient (Wildman–Crippen LogP) is 3.19. The van der Waals surface area contributed by atoms with E-state index in [4.69, 9.17) is 4.43 Å². The predicted molar refractivity (Wildman–Crippen MR) is 53.3 cm³/mol. The average Bonchev–Trinajstić information content (AvgIpc) is 1.85. The van der Waals surface area contributed by atoms with E-state index in [9.17, 15) is 0 Å². The van der Waals surface area contributed by atoms with Crippen LogP contribution in [0.25, 0.3) is 0 Å². The van der Waals surface area contributed by atoms with Crippen LogP contribution in [0.2, 0.25) is 19.6 Å². The molecule has 0 aromatic rings. The lowest BCUT2D eigenvalue weighted by atomic mass is 10.2. The van der Waals surface area contributed by atoms with Crippen molar-refractivity contribution in [2.75, 3.05) is 6.61 Å². The number of rotatable bonds is 4. The first kappa shape index (κ1) is 10.9. The molecule has 1 nitrogen and oxygen atoms in total. The fourth-order valence-electron chi connectivity index (χ4n) is 0.663. The molecule has 0 aliphatic carbocycles. The molecule has 66 valence electrons. The zero-order valence-corrected chi connectivity index (χ0v) is 9.40. The Balaban J connectivity index is 3.43. The summed E-state index contributed by atoms with van der Waals surface area (Å²) in [4.78, 5) is 0. The molecule has 0 amide bonds. The van der Waals surface area contributed by atoms with Gasteiger partial charge in [-0.2, -0.15) is 0 Å². The highest BCUT2D eigenvalue weighted by Gasteiger charge is 2.12. The van der Waals surface area contributed by atoms with Crippen molar-refractivity contribution in [3.63, 3.8) is 0 Å². The lowest BCUT2D eigenvalue weighted by Crippen LogP contribution is -2.25. The summed E-state index contributed by atoms with van der Waals surface area (Å²) in [6.45, 7) is 11.8. The lowest BCUT2D eigenvalue weighted by Gasteiger charge is -2.16. The van der Waals surface area contributed by atoms with E-state index in [0.717, 1.165) is 13.0 Å². The minimum atomic E-state index is -1.26. The first-order valence-corrected chi connectivity index (χ1v) is 7.62. The van der Waals surface area contributed by atoms with Crippen LogP contribution in [0.5, 0.6) is 0 Å². The Labute approximate surface area is 71.6 Å². The van der Waals surface area contributed by atoms with Crippen LogP contribution in [0, 0.1) is 0 Å². The van der Waals surface area contributed by atoms with Gasteiger partial charge < -0.3 is 4.43 Å². The Kier molecular flexibility index (Phi) is 4.69. The van der Waals surface area contributed by atoms with E-state index in [1.54, 1.807) is 0 Å². The van der Waals surface area contributed by atoms with Crippen molar-refractivity contribution in [3.8, 4) is 0 Å². The number of hydrogen-bond donors (Lipinski definition) is 0. The SMILES string of the molecule is CC=C(C)CCO[Si](C)(C)C. The maximum absolute atomic E-state index is 5.70. The molecule has 0 radical (unpaired) electrons. The molecule has 0 aliphatic heterocycles. The molecule has 0 bridgehead atoms. The smallest absolute Gasteiger partial charge is 0.183 e. The summed E-state index contributed by atoms with van der Waals surface area (Å²) in [6.07, 6.45) is 3.23. The van der Waals surface area contributed by atoms with Gasteiger partial charge in [-0.25, -0.2) is 0 Å². The summed E-state index contributed by atoms with van der Waals surface area (Å²) in [5, 5.41) is 0. The Bertz CT molecular complexity index is 133. The standard InChI is InChI=1S/C9H20OSi/c1-6-9(2)7-8-10-11(3,4)5/h6H,7-8H2,1-5H3. The van der Waals surface area contributed by atoms with Gasteiger partial charge in [-0.1, -0.05) is 11.6 Å². The molecular formula is C9H20OSi. The van der Waals surface area contributed by atoms with Crippen LogP contribution in [-0.2, 0) is 4.43 Å². The molecule has 0 aromatic heterocycles. The second-order valence-electron chi connectivity index (χ2n) is 3.85. The third-order valence-corrected chi connectivity index (χ3v) is 2.59. The summed E-state index contributed by atoms with van der Waals surface area (Å²) < 4.78 is 5.70. The molecule has 0 aromatic carbocycles. The van der Waals surface area contributed by atoms with Crippen LogP contribution in [0.4, 0.5) is 0 Å². The van der Waals surface area contributed by atoms with Crippen molar-refractivity contribution < 1.29 is 4.43 Å². The van der Waals surface area contributed by atoms with Crippen LogP contribution >= 0.6 is 0 Å². The van der Waals surface area contributed by atoms with Gasteiger partial charge >= 0.3 is 0 Å². The second kappa shape index (κ2) is 4.73. The number of hydrogen-bond acceptors (Lipinski definition) is 1. The molecule has 0 fully saturated rings. The van der Waals surface area contributed by atoms with E-state index in [-0.39, 0.29) is 0 Å². The molecule has 0 saturated carbocycles. The molecule has 0 spiro atoms. The monoisotopic (exact) mass is 172 g/mol. The quantitative estimate of drug-likeness (QED) is 0.467. The highest BCUT2D eigenvalue weighted by atomic mass is 28.4. The van der Waals surface area contributed by atoms with Gasteiger partial charge in [0, 0.05) is 6.61 Å². The molecule has 0 aliphatic rings. The van der Waals surface area contributed by atoms with Crippen molar-refractivity contribution in [1.29, 1.82) is 0 Å². The van der Waals surface area contributed by atoms with E-state index in [1.807, 2.05) is 0 Å². The molecule has 0 atom stereocenters. The molecule has 0 rings (SSSR count). The first-order chi connectivity index (χ1) is 4.95. The van der Waals surface area contributed by atoms with Gasteiger partial charge in [0.1, 0.15) is 0 Å². The maximum Gasteiger partial charge on any atom is 0.183 e. The molecule has 11 heavy (non-hydrogen) atoms. The fraction of sp³-hybridized carbons (Fsp3) is 0.778. The molecule has 0 saturated heterocycles. The van der Waals surface area contributed by atoms with Gasteiger partial charge in [0.05, 0.1) is 0 Å². The Morgan fingerprint density at radius 2 is 1.91 bits per heavy atom. The first-order valence-electron chi connectivity index (χ1n) is 4.21. The van der Waals surface area contributed by atoms with Crippen LogP contribution in [0.15, 0.2) is 11.6 Å². The lowest BCUT2D eigenvalue weighted by molar-refractivity contribution is 0.315. The van der Waals surface area contributed by atoms with Crippen molar-refractivity contribution in [2.24, 2.45) is 0 Å². The van der Waals surface area contributed by atoms with Crippen molar-refractivity contribution in [1.82, 2.24) is 0 Å². The third kappa shape index (κ3) is 7.82. The normalized spacial score (nSPS) is 13.7. The summed E-state index contributed by atoms with van der Waals surface area (Å²) >= 11 is 0. The largest absolute Gasteiger partial charge is 0.417 e. The summed E-state index contributed by atoms with van der Waals surface area (Å²) in [5.74, 6) is 0. The van der Waals surface area contributed by atoms with Gasteiger partial charge in [-0.3, -0.25) is 0 Å². The van der Waals surface area contributed by atoms with E-state index in [0.29, 0.717) is 0 Å². The number of allylic oxidation sites excluding steroid dienone is 1. The molecule has 0 unspecified atom stereocenters. The van der Waals surface area contributed by atoms with E-state index in [2.05, 4.69) is 39.6 Å². The summed E-state index contributed by atoms with van der Waals surface area (Å²) in [6, 6.07) is 0. The van der Waals surface area contributed by atoms with Gasteiger partial charge in [0.15, 0.2) is 8.32 Å². The Hall–Kier alpha value is -0.0831. The van der Waals surface area contributed by atoms with Crippen molar-refractivity contribution >= 4 is 8.32 Å². The van der Waals surface area contributed by atoms with Crippen LogP contribution < -0.4 is 0 Å². The van der Waals surface area contributed by atoms with Crippen LogP contribution in [-0.4, -0.2) is 14.9 Å². The highest BCUT2D eigenvalue weighted by Crippen LogP contribution is 2.06. The maximum atomic E-state index is 5.70. The molecule has 2 heteroatoms. The second-order valence-corrected chi connectivity index (χ2v) is 8.36. The van der Waals surface area contributed by atoms with Crippen LogP contribution in [0.1, 0.15) is 20.3 Å². The zero-order valence-electron chi connectivity index (χ0n) is 8.40. The van der Waals surface area contributed by atoms with Gasteiger partial charge in [0.25, 0.3) is 0 Å². The summed E-state index contributed by atoms with van der Waals surface area (Å²) in [7, 11) is -1.26. The minimum absolute atomic E-state index is 0.895. The Morgan fingerprint density at radius 1 is 1.36 bits per heavy atom.